The number of hydrazone groups is 1. The van der Waals surface area contributed by atoms with E-state index in [1.807, 2.05) is 17.5 Å². The first-order valence-corrected chi connectivity index (χ1v) is 8.65. The molecule has 0 aliphatic heterocycles. The third-order valence-electron chi connectivity index (χ3n) is 3.12. The van der Waals surface area contributed by atoms with Gasteiger partial charge in [-0.05, 0) is 41.8 Å². The number of nitrogens with zero attached hydrogens (tertiary/aromatic N) is 1. The van der Waals surface area contributed by atoms with Gasteiger partial charge in [-0.25, -0.2) is 5.43 Å². The van der Waals surface area contributed by atoms with Crippen LogP contribution < -0.4 is 5.43 Å². The van der Waals surface area contributed by atoms with E-state index in [9.17, 15) is 4.79 Å². The molecule has 1 amide bonds. The van der Waals surface area contributed by atoms with Crippen LogP contribution in [0.15, 0.2) is 57.4 Å². The molecule has 7 heteroatoms. The van der Waals surface area contributed by atoms with Gasteiger partial charge in [-0.2, -0.15) is 5.10 Å². The molecule has 0 spiro atoms. The second kappa shape index (κ2) is 7.66. The maximum Gasteiger partial charge on any atom is 0.245 e. The van der Waals surface area contributed by atoms with Crippen LogP contribution in [0, 0.1) is 0 Å². The lowest BCUT2D eigenvalue weighted by atomic mass is 10.2. The van der Waals surface area contributed by atoms with E-state index >= 15 is 0 Å². The molecule has 1 aromatic carbocycles. The van der Waals surface area contributed by atoms with Crippen molar-refractivity contribution in [2.45, 2.75) is 6.42 Å². The minimum absolute atomic E-state index is 0.182. The van der Waals surface area contributed by atoms with Crippen molar-refractivity contribution in [3.8, 4) is 11.3 Å². The van der Waals surface area contributed by atoms with Crippen molar-refractivity contribution in [1.29, 1.82) is 0 Å². The molecule has 0 saturated carbocycles. The normalized spacial score (nSPS) is 11.1. The molecule has 0 aliphatic rings. The Bertz CT molecular complexity index is 873. The second-order valence-electron chi connectivity index (χ2n) is 4.88. The monoisotopic (exact) mass is 378 g/mol. The fraction of sp³-hybridized carbons (Fsp3) is 0.0588. The van der Waals surface area contributed by atoms with Crippen molar-refractivity contribution in [2.24, 2.45) is 5.10 Å². The summed E-state index contributed by atoms with van der Waals surface area (Å²) >= 11 is 13.7. The molecule has 0 atom stereocenters. The largest absolute Gasteiger partial charge is 0.455 e. The summed E-state index contributed by atoms with van der Waals surface area (Å²) in [5, 5.41) is 6.94. The Kier molecular flexibility index (Phi) is 5.35. The molecule has 2 heterocycles. The highest BCUT2D eigenvalue weighted by Gasteiger charge is 2.09. The molecule has 0 aliphatic carbocycles. The van der Waals surface area contributed by atoms with Gasteiger partial charge in [-0.1, -0.05) is 29.3 Å². The Balaban J connectivity index is 1.63. The molecule has 3 aromatic rings. The predicted octanol–water partition coefficient (Wildman–Crippen LogP) is 5.01. The van der Waals surface area contributed by atoms with Crippen molar-refractivity contribution in [3.05, 3.63) is 68.5 Å². The molecule has 3 rings (SSSR count). The molecule has 4 nitrogen and oxygen atoms in total. The van der Waals surface area contributed by atoms with Crippen LogP contribution in [-0.4, -0.2) is 12.1 Å². The Morgan fingerprint density at radius 3 is 2.92 bits per heavy atom. The molecule has 0 unspecified atom stereocenters. The zero-order valence-corrected chi connectivity index (χ0v) is 14.7. The van der Waals surface area contributed by atoms with Gasteiger partial charge in [0, 0.05) is 15.5 Å². The van der Waals surface area contributed by atoms with E-state index in [4.69, 9.17) is 27.6 Å². The summed E-state index contributed by atoms with van der Waals surface area (Å²) in [4.78, 5) is 12.7. The van der Waals surface area contributed by atoms with Crippen molar-refractivity contribution >= 4 is 46.7 Å². The highest BCUT2D eigenvalue weighted by molar-refractivity contribution is 7.10. The molecule has 0 fully saturated rings. The highest BCUT2D eigenvalue weighted by Crippen LogP contribution is 2.31. The standard InChI is InChI=1S/C17H12Cl2N2O2S/c18-11-3-5-15(19)14(8-11)16-6-4-12(23-16)10-20-21-17(22)9-13-2-1-7-24-13/h1-8,10H,9H2,(H,21,22)/b20-10+. The smallest absolute Gasteiger partial charge is 0.245 e. The summed E-state index contributed by atoms with van der Waals surface area (Å²) in [5.74, 6) is 0.893. The Labute approximate surface area is 152 Å². The summed E-state index contributed by atoms with van der Waals surface area (Å²) in [7, 11) is 0. The summed E-state index contributed by atoms with van der Waals surface area (Å²) in [6.45, 7) is 0. The molecule has 0 radical (unpaired) electrons. The number of carbonyl (C=O) groups is 1. The third kappa shape index (κ3) is 4.26. The molecular formula is C17H12Cl2N2O2S. The third-order valence-corrected chi connectivity index (χ3v) is 4.56. The zero-order valence-electron chi connectivity index (χ0n) is 12.3. The summed E-state index contributed by atoms with van der Waals surface area (Å²) in [6, 6.07) is 12.5. The van der Waals surface area contributed by atoms with Gasteiger partial charge in [0.05, 0.1) is 17.7 Å². The minimum atomic E-state index is -0.182. The molecule has 24 heavy (non-hydrogen) atoms. The van der Waals surface area contributed by atoms with Crippen molar-refractivity contribution in [1.82, 2.24) is 5.43 Å². The van der Waals surface area contributed by atoms with Gasteiger partial charge in [0.15, 0.2) is 0 Å². The highest BCUT2D eigenvalue weighted by atomic mass is 35.5. The molecule has 0 saturated heterocycles. The fourth-order valence-corrected chi connectivity index (χ4v) is 3.12. The maximum absolute atomic E-state index is 11.7. The Morgan fingerprint density at radius 1 is 1.25 bits per heavy atom. The van der Waals surface area contributed by atoms with Gasteiger partial charge in [0.1, 0.15) is 11.5 Å². The van der Waals surface area contributed by atoms with Gasteiger partial charge < -0.3 is 4.42 Å². The van der Waals surface area contributed by atoms with Crippen LogP contribution in [0.25, 0.3) is 11.3 Å². The predicted molar refractivity (Wildman–Crippen MR) is 97.9 cm³/mol. The average Bonchev–Trinajstić information content (AvgIpc) is 3.21. The molecular weight excluding hydrogens is 367 g/mol. The molecule has 0 bridgehead atoms. The van der Waals surface area contributed by atoms with Crippen LogP contribution in [0.3, 0.4) is 0 Å². The number of rotatable bonds is 5. The van der Waals surface area contributed by atoms with E-state index in [0.29, 0.717) is 33.6 Å². The lowest BCUT2D eigenvalue weighted by molar-refractivity contribution is -0.120. The van der Waals surface area contributed by atoms with E-state index < -0.39 is 0 Å². The quantitative estimate of drug-likeness (QED) is 0.501. The van der Waals surface area contributed by atoms with E-state index in [2.05, 4.69) is 10.5 Å². The summed E-state index contributed by atoms with van der Waals surface area (Å²) in [6.07, 6.45) is 1.74. The maximum atomic E-state index is 11.7. The molecule has 2 aromatic heterocycles. The first-order valence-electron chi connectivity index (χ1n) is 7.01. The van der Waals surface area contributed by atoms with Crippen LogP contribution in [0.4, 0.5) is 0 Å². The number of amides is 1. The number of hydrogen-bond acceptors (Lipinski definition) is 4. The first-order chi connectivity index (χ1) is 11.6. The van der Waals surface area contributed by atoms with Crippen molar-refractivity contribution in [3.63, 3.8) is 0 Å². The molecule has 122 valence electrons. The fourth-order valence-electron chi connectivity index (χ4n) is 2.03. The van der Waals surface area contributed by atoms with Crippen LogP contribution in [0.5, 0.6) is 0 Å². The topological polar surface area (TPSA) is 54.6 Å². The van der Waals surface area contributed by atoms with Crippen LogP contribution in [-0.2, 0) is 11.2 Å². The van der Waals surface area contributed by atoms with Gasteiger partial charge in [0.25, 0.3) is 0 Å². The Hall–Kier alpha value is -2.08. The van der Waals surface area contributed by atoms with E-state index in [0.717, 1.165) is 4.88 Å². The minimum Gasteiger partial charge on any atom is -0.455 e. The first kappa shape index (κ1) is 16.8. The Morgan fingerprint density at radius 2 is 2.12 bits per heavy atom. The van der Waals surface area contributed by atoms with Gasteiger partial charge >= 0.3 is 0 Å². The van der Waals surface area contributed by atoms with E-state index in [1.165, 1.54) is 17.6 Å². The number of hydrogen-bond donors (Lipinski definition) is 1. The zero-order chi connectivity index (χ0) is 16.9. The van der Waals surface area contributed by atoms with E-state index in [-0.39, 0.29) is 5.91 Å². The van der Waals surface area contributed by atoms with Crippen LogP contribution >= 0.6 is 34.5 Å². The lowest BCUT2D eigenvalue weighted by Gasteiger charge is -2.01. The van der Waals surface area contributed by atoms with E-state index in [1.54, 1.807) is 30.3 Å². The number of nitrogens with one attached hydrogen (secondary N) is 1. The number of furan rings is 1. The van der Waals surface area contributed by atoms with Gasteiger partial charge in [-0.3, -0.25) is 4.79 Å². The number of carbonyl (C=O) groups excluding carboxylic acids is 1. The summed E-state index contributed by atoms with van der Waals surface area (Å²) in [5.41, 5.74) is 3.17. The van der Waals surface area contributed by atoms with Crippen LogP contribution in [0.2, 0.25) is 10.0 Å². The summed E-state index contributed by atoms with van der Waals surface area (Å²) < 4.78 is 5.65. The average molecular weight is 379 g/mol. The lowest BCUT2D eigenvalue weighted by Crippen LogP contribution is -2.19. The van der Waals surface area contributed by atoms with Crippen LogP contribution in [0.1, 0.15) is 10.6 Å². The van der Waals surface area contributed by atoms with Crippen molar-refractivity contribution in [2.75, 3.05) is 0 Å². The van der Waals surface area contributed by atoms with Crippen molar-refractivity contribution < 1.29 is 9.21 Å². The SMILES string of the molecule is O=C(Cc1cccs1)N/N=C/c1ccc(-c2cc(Cl)ccc2Cl)o1. The second-order valence-corrected chi connectivity index (χ2v) is 6.75. The molecule has 1 N–H and O–H groups in total. The number of halogens is 2. The number of thiophene rings is 1. The van der Waals surface area contributed by atoms with Gasteiger partial charge in [-0.15, -0.1) is 11.3 Å². The number of benzene rings is 1. The van der Waals surface area contributed by atoms with Gasteiger partial charge in [0.2, 0.25) is 5.91 Å².